The molecule has 8 nitrogen and oxygen atoms in total. The molecule has 35 heavy (non-hydrogen) atoms. The van der Waals surface area contributed by atoms with E-state index in [-0.39, 0.29) is 24.3 Å². The smallest absolute Gasteiger partial charge is 0.287 e. The number of hydrogen-bond acceptors (Lipinski definition) is 5. The molecule has 9 heteroatoms. The Bertz CT molecular complexity index is 1130. The molecule has 0 spiro atoms. The molecule has 0 aliphatic carbocycles. The number of anilines is 1. The quantitative estimate of drug-likeness (QED) is 0.471. The van der Waals surface area contributed by atoms with E-state index in [1.165, 1.54) is 17.2 Å². The Morgan fingerprint density at radius 2 is 1.77 bits per heavy atom. The maximum Gasteiger partial charge on any atom is 0.287 e. The highest BCUT2D eigenvalue weighted by Crippen LogP contribution is 2.29. The zero-order chi connectivity index (χ0) is 24.6. The van der Waals surface area contributed by atoms with Crippen molar-refractivity contribution in [3.63, 3.8) is 0 Å². The van der Waals surface area contributed by atoms with Crippen molar-refractivity contribution in [1.82, 2.24) is 10.6 Å². The monoisotopic (exact) mass is 495 g/mol. The molecule has 182 valence electrons. The number of halogens is 1. The van der Waals surface area contributed by atoms with Crippen LogP contribution in [-0.2, 0) is 14.3 Å². The van der Waals surface area contributed by atoms with Crippen molar-refractivity contribution in [3.05, 3.63) is 89.3 Å². The Morgan fingerprint density at radius 3 is 2.43 bits per heavy atom. The maximum atomic E-state index is 13.5. The highest BCUT2D eigenvalue weighted by atomic mass is 35.5. The summed E-state index contributed by atoms with van der Waals surface area (Å²) in [7, 11) is 0. The van der Waals surface area contributed by atoms with Crippen molar-refractivity contribution in [2.45, 2.75) is 25.0 Å². The number of nitrogens with zero attached hydrogens (tertiary/aromatic N) is 1. The standard InChI is InChI=1S/C26H26ClN3O5/c27-19-10-12-20(13-11-19)30(23(31)17-29-25(32)22-9-5-15-35-22)24(18-6-2-1-3-7-18)26(33)28-16-21-8-4-14-34-21/h1-3,5-7,9-13,15,21,24H,4,8,14,16-17H2,(H,28,33)(H,29,32)/t21-,24-/m1/s1. The normalized spacial score (nSPS) is 15.9. The van der Waals surface area contributed by atoms with E-state index in [4.69, 9.17) is 20.8 Å². The number of ether oxygens (including phenoxy) is 1. The SMILES string of the molecule is O=C(NCC(=O)N(c1ccc(Cl)cc1)[C@@H](C(=O)NC[C@H]1CCCO1)c1ccccc1)c1ccco1. The van der Waals surface area contributed by atoms with Crippen LogP contribution in [0.4, 0.5) is 5.69 Å². The van der Waals surface area contributed by atoms with Gasteiger partial charge in [0.25, 0.3) is 5.91 Å². The summed E-state index contributed by atoms with van der Waals surface area (Å²) in [4.78, 5) is 40.8. The fourth-order valence-corrected chi connectivity index (χ4v) is 4.07. The number of benzene rings is 2. The molecule has 3 amide bonds. The number of amides is 3. The van der Waals surface area contributed by atoms with Gasteiger partial charge in [0.2, 0.25) is 11.8 Å². The van der Waals surface area contributed by atoms with Crippen molar-refractivity contribution >= 4 is 35.0 Å². The average molecular weight is 496 g/mol. The molecule has 2 heterocycles. The fraction of sp³-hybridized carbons (Fsp3) is 0.269. The second-order valence-electron chi connectivity index (χ2n) is 8.09. The molecule has 1 aromatic heterocycles. The molecule has 1 fully saturated rings. The maximum absolute atomic E-state index is 13.5. The summed E-state index contributed by atoms with van der Waals surface area (Å²) >= 11 is 6.07. The van der Waals surface area contributed by atoms with Gasteiger partial charge in [-0.25, -0.2) is 0 Å². The van der Waals surface area contributed by atoms with Crippen molar-refractivity contribution in [2.75, 3.05) is 24.6 Å². The molecule has 2 atom stereocenters. The minimum absolute atomic E-state index is 0.0531. The van der Waals surface area contributed by atoms with Gasteiger partial charge in [0.1, 0.15) is 6.04 Å². The molecule has 1 aliphatic heterocycles. The number of nitrogens with one attached hydrogen (secondary N) is 2. The first-order valence-corrected chi connectivity index (χ1v) is 11.7. The lowest BCUT2D eigenvalue weighted by atomic mass is 10.0. The van der Waals surface area contributed by atoms with Gasteiger partial charge >= 0.3 is 0 Å². The van der Waals surface area contributed by atoms with Crippen LogP contribution in [0.2, 0.25) is 5.02 Å². The van der Waals surface area contributed by atoms with Crippen molar-refractivity contribution in [2.24, 2.45) is 0 Å². The number of carbonyl (C=O) groups excluding carboxylic acids is 3. The fourth-order valence-electron chi connectivity index (χ4n) is 3.94. The number of furan rings is 1. The van der Waals surface area contributed by atoms with Crippen LogP contribution in [0.15, 0.2) is 77.4 Å². The Kier molecular flexibility index (Phi) is 8.18. The predicted molar refractivity (Wildman–Crippen MR) is 131 cm³/mol. The van der Waals surface area contributed by atoms with E-state index < -0.39 is 17.9 Å². The first kappa shape index (κ1) is 24.5. The van der Waals surface area contributed by atoms with Gasteiger partial charge in [0.05, 0.1) is 18.9 Å². The summed E-state index contributed by atoms with van der Waals surface area (Å²) < 4.78 is 10.7. The van der Waals surface area contributed by atoms with Crippen LogP contribution in [0.25, 0.3) is 0 Å². The molecule has 0 saturated carbocycles. The highest BCUT2D eigenvalue weighted by molar-refractivity contribution is 6.30. The lowest BCUT2D eigenvalue weighted by Gasteiger charge is -2.32. The Hall–Kier alpha value is -3.62. The molecule has 3 aromatic rings. The van der Waals surface area contributed by atoms with Crippen LogP contribution in [0, 0.1) is 0 Å². The third kappa shape index (κ3) is 6.29. The molecule has 4 rings (SSSR count). The van der Waals surface area contributed by atoms with Gasteiger partial charge in [-0.15, -0.1) is 0 Å². The van der Waals surface area contributed by atoms with E-state index in [0.717, 1.165) is 12.8 Å². The summed E-state index contributed by atoms with van der Waals surface area (Å²) in [5.74, 6) is -1.27. The molecular formula is C26H26ClN3O5. The van der Waals surface area contributed by atoms with Gasteiger partial charge in [-0.3, -0.25) is 19.3 Å². The second-order valence-corrected chi connectivity index (χ2v) is 8.53. The topological polar surface area (TPSA) is 101 Å². The van der Waals surface area contributed by atoms with Crippen LogP contribution in [0.3, 0.4) is 0 Å². The van der Waals surface area contributed by atoms with Crippen molar-refractivity contribution in [3.8, 4) is 0 Å². The van der Waals surface area contributed by atoms with Crippen LogP contribution >= 0.6 is 11.6 Å². The van der Waals surface area contributed by atoms with Gasteiger partial charge < -0.3 is 19.8 Å². The minimum atomic E-state index is -0.980. The number of hydrogen-bond donors (Lipinski definition) is 2. The molecule has 2 N–H and O–H groups in total. The van der Waals surface area contributed by atoms with Gasteiger partial charge in [0, 0.05) is 23.9 Å². The first-order valence-electron chi connectivity index (χ1n) is 11.4. The predicted octanol–water partition coefficient (Wildman–Crippen LogP) is 3.73. The van der Waals surface area contributed by atoms with E-state index in [1.54, 1.807) is 54.6 Å². The second kappa shape index (κ2) is 11.7. The van der Waals surface area contributed by atoms with Crippen LogP contribution in [0.5, 0.6) is 0 Å². The summed E-state index contributed by atoms with van der Waals surface area (Å²) in [6.07, 6.45) is 3.14. The minimum Gasteiger partial charge on any atom is -0.459 e. The van der Waals surface area contributed by atoms with Gasteiger partial charge in [-0.05, 0) is 54.8 Å². The first-order chi connectivity index (χ1) is 17.0. The van der Waals surface area contributed by atoms with Gasteiger partial charge in [-0.2, -0.15) is 0 Å². The summed E-state index contributed by atoms with van der Waals surface area (Å²) in [6, 6.07) is 17.7. The van der Waals surface area contributed by atoms with E-state index in [1.807, 2.05) is 6.07 Å². The summed E-state index contributed by atoms with van der Waals surface area (Å²) in [5.41, 5.74) is 1.09. The highest BCUT2D eigenvalue weighted by Gasteiger charge is 2.33. The lowest BCUT2D eigenvalue weighted by molar-refractivity contribution is -0.126. The van der Waals surface area contributed by atoms with Crippen LogP contribution in [-0.4, -0.2) is 43.5 Å². The summed E-state index contributed by atoms with van der Waals surface area (Å²) in [5, 5.41) is 6.00. The molecule has 1 aliphatic rings. The zero-order valence-corrected chi connectivity index (χ0v) is 19.7. The Morgan fingerprint density at radius 1 is 1.00 bits per heavy atom. The average Bonchev–Trinajstić information content (AvgIpc) is 3.60. The van der Waals surface area contributed by atoms with Crippen molar-refractivity contribution in [1.29, 1.82) is 0 Å². The molecule has 0 radical (unpaired) electrons. The molecule has 0 bridgehead atoms. The Labute approximate surface area is 208 Å². The third-order valence-corrected chi connectivity index (χ3v) is 5.92. The Balaban J connectivity index is 1.62. The van der Waals surface area contributed by atoms with E-state index >= 15 is 0 Å². The molecule has 2 aromatic carbocycles. The molecule has 0 unspecified atom stereocenters. The van der Waals surface area contributed by atoms with Crippen LogP contribution < -0.4 is 15.5 Å². The molecule has 1 saturated heterocycles. The van der Waals surface area contributed by atoms with E-state index in [0.29, 0.717) is 29.4 Å². The lowest BCUT2D eigenvalue weighted by Crippen LogP contribution is -2.48. The molecular weight excluding hydrogens is 470 g/mol. The third-order valence-electron chi connectivity index (χ3n) is 5.67. The zero-order valence-electron chi connectivity index (χ0n) is 19.0. The summed E-state index contributed by atoms with van der Waals surface area (Å²) in [6.45, 7) is 0.679. The van der Waals surface area contributed by atoms with Gasteiger partial charge in [0.15, 0.2) is 5.76 Å². The van der Waals surface area contributed by atoms with E-state index in [9.17, 15) is 14.4 Å². The van der Waals surface area contributed by atoms with Crippen molar-refractivity contribution < 1.29 is 23.5 Å². The van der Waals surface area contributed by atoms with Gasteiger partial charge in [-0.1, -0.05) is 41.9 Å². The number of carbonyl (C=O) groups is 3. The van der Waals surface area contributed by atoms with E-state index in [2.05, 4.69) is 10.6 Å². The largest absolute Gasteiger partial charge is 0.459 e. The number of rotatable bonds is 9. The van der Waals surface area contributed by atoms with Crippen LogP contribution in [0.1, 0.15) is 35.0 Å².